The van der Waals surface area contributed by atoms with E-state index >= 15 is 0 Å². The van der Waals surface area contributed by atoms with Gasteiger partial charge in [-0.15, -0.1) is 11.3 Å². The molecule has 1 heterocycles. The van der Waals surface area contributed by atoms with Crippen molar-refractivity contribution < 1.29 is 9.59 Å². The van der Waals surface area contributed by atoms with E-state index in [-0.39, 0.29) is 17.7 Å². The molecule has 0 radical (unpaired) electrons. The number of amides is 2. The molecule has 2 N–H and O–H groups in total. The van der Waals surface area contributed by atoms with Crippen LogP contribution >= 0.6 is 11.3 Å². The van der Waals surface area contributed by atoms with Crippen molar-refractivity contribution in [1.29, 1.82) is 0 Å². The van der Waals surface area contributed by atoms with Crippen molar-refractivity contribution in [2.24, 2.45) is 5.92 Å². The summed E-state index contributed by atoms with van der Waals surface area (Å²) in [6.45, 7) is 8.54. The van der Waals surface area contributed by atoms with E-state index in [4.69, 9.17) is 0 Å². The number of nitrogens with zero attached hydrogens (tertiary/aromatic N) is 1. The summed E-state index contributed by atoms with van der Waals surface area (Å²) in [6, 6.07) is 8.16. The average molecular weight is 359 g/mol. The number of thiazole rings is 1. The zero-order chi connectivity index (χ0) is 18.4. The third-order valence-corrected chi connectivity index (χ3v) is 4.69. The number of aromatic nitrogens is 1. The van der Waals surface area contributed by atoms with Gasteiger partial charge in [0.1, 0.15) is 0 Å². The standard InChI is InChI=1S/C19H25N3O2S/c1-12(2)19(24)21-10-9-20-17(23)11-16-18(22-14(4)25-16)15-7-5-13(3)6-8-15/h5-8,12H,9-11H2,1-4H3,(H,20,23)(H,21,24). The zero-order valence-electron chi connectivity index (χ0n) is 15.2. The first kappa shape index (κ1) is 19.1. The molecule has 0 aliphatic heterocycles. The average Bonchev–Trinajstić information content (AvgIpc) is 2.92. The van der Waals surface area contributed by atoms with Crippen LogP contribution < -0.4 is 10.6 Å². The van der Waals surface area contributed by atoms with Crippen LogP contribution in [-0.4, -0.2) is 29.9 Å². The lowest BCUT2D eigenvalue weighted by atomic mass is 10.1. The molecule has 0 saturated carbocycles. The summed E-state index contributed by atoms with van der Waals surface area (Å²) in [5, 5.41) is 6.58. The van der Waals surface area contributed by atoms with Crippen molar-refractivity contribution in [2.75, 3.05) is 13.1 Å². The van der Waals surface area contributed by atoms with Gasteiger partial charge in [0.25, 0.3) is 0 Å². The predicted octanol–water partition coefficient (Wildman–Crippen LogP) is 2.86. The third kappa shape index (κ3) is 5.67. The molecule has 1 aromatic heterocycles. The van der Waals surface area contributed by atoms with Gasteiger partial charge in [0.05, 0.1) is 17.1 Å². The molecule has 0 spiro atoms. The second kappa shape index (κ2) is 8.76. The molecule has 0 unspecified atom stereocenters. The third-order valence-electron chi connectivity index (χ3n) is 3.72. The van der Waals surface area contributed by atoms with Gasteiger partial charge in [0, 0.05) is 29.4 Å². The van der Waals surface area contributed by atoms with E-state index in [0.717, 1.165) is 21.1 Å². The Labute approximate surface area is 152 Å². The quantitative estimate of drug-likeness (QED) is 0.747. The number of carbonyl (C=O) groups excluding carboxylic acids is 2. The van der Waals surface area contributed by atoms with Gasteiger partial charge in [0.2, 0.25) is 11.8 Å². The minimum atomic E-state index is -0.0594. The largest absolute Gasteiger partial charge is 0.354 e. The molecular formula is C19H25N3O2S. The first-order chi connectivity index (χ1) is 11.9. The molecule has 1 aromatic carbocycles. The van der Waals surface area contributed by atoms with Crippen LogP contribution in [0.15, 0.2) is 24.3 Å². The van der Waals surface area contributed by atoms with Crippen molar-refractivity contribution in [3.05, 3.63) is 39.7 Å². The van der Waals surface area contributed by atoms with E-state index in [1.54, 1.807) is 11.3 Å². The van der Waals surface area contributed by atoms with Gasteiger partial charge in [-0.1, -0.05) is 43.7 Å². The van der Waals surface area contributed by atoms with E-state index in [2.05, 4.69) is 15.6 Å². The number of rotatable bonds is 7. The predicted molar refractivity (Wildman–Crippen MR) is 102 cm³/mol. The normalized spacial score (nSPS) is 10.8. The Morgan fingerprint density at radius 1 is 1.08 bits per heavy atom. The Morgan fingerprint density at radius 2 is 1.72 bits per heavy atom. The zero-order valence-corrected chi connectivity index (χ0v) is 16.0. The van der Waals surface area contributed by atoms with Gasteiger partial charge in [0.15, 0.2) is 0 Å². The molecule has 6 heteroatoms. The van der Waals surface area contributed by atoms with Gasteiger partial charge in [-0.3, -0.25) is 9.59 Å². The van der Waals surface area contributed by atoms with Crippen LogP contribution in [0.2, 0.25) is 0 Å². The van der Waals surface area contributed by atoms with Crippen LogP contribution in [0.5, 0.6) is 0 Å². The maximum absolute atomic E-state index is 12.2. The summed E-state index contributed by atoms with van der Waals surface area (Å²) in [6.07, 6.45) is 0.298. The van der Waals surface area contributed by atoms with E-state index in [0.29, 0.717) is 19.5 Å². The highest BCUT2D eigenvalue weighted by Gasteiger charge is 2.14. The SMILES string of the molecule is Cc1ccc(-c2nc(C)sc2CC(=O)NCCNC(=O)C(C)C)cc1. The minimum Gasteiger partial charge on any atom is -0.354 e. The number of nitrogens with one attached hydrogen (secondary N) is 2. The Bertz CT molecular complexity index is 736. The van der Waals surface area contributed by atoms with Gasteiger partial charge < -0.3 is 10.6 Å². The highest BCUT2D eigenvalue weighted by molar-refractivity contribution is 7.12. The fraction of sp³-hybridized carbons (Fsp3) is 0.421. The van der Waals surface area contributed by atoms with Gasteiger partial charge in [-0.05, 0) is 13.8 Å². The van der Waals surface area contributed by atoms with Gasteiger partial charge in [-0.25, -0.2) is 4.98 Å². The van der Waals surface area contributed by atoms with Crippen molar-refractivity contribution in [1.82, 2.24) is 15.6 Å². The van der Waals surface area contributed by atoms with Gasteiger partial charge >= 0.3 is 0 Å². The van der Waals surface area contributed by atoms with Crippen LogP contribution in [-0.2, 0) is 16.0 Å². The topological polar surface area (TPSA) is 71.1 Å². The van der Waals surface area contributed by atoms with E-state index in [1.165, 1.54) is 5.56 Å². The summed E-state index contributed by atoms with van der Waals surface area (Å²) in [5.74, 6) is -0.113. The first-order valence-corrected chi connectivity index (χ1v) is 9.26. The highest BCUT2D eigenvalue weighted by atomic mass is 32.1. The minimum absolute atomic E-state index is 0.00557. The Kier molecular flexibility index (Phi) is 6.70. The molecule has 0 aliphatic carbocycles. The summed E-state index contributed by atoms with van der Waals surface area (Å²) >= 11 is 1.55. The summed E-state index contributed by atoms with van der Waals surface area (Å²) in [5.41, 5.74) is 3.10. The summed E-state index contributed by atoms with van der Waals surface area (Å²) in [4.78, 5) is 29.2. The number of carbonyl (C=O) groups is 2. The number of aryl methyl sites for hydroxylation is 2. The smallest absolute Gasteiger partial charge is 0.225 e. The fourth-order valence-electron chi connectivity index (χ4n) is 2.33. The Balaban J connectivity index is 1.93. The summed E-state index contributed by atoms with van der Waals surface area (Å²) < 4.78 is 0. The molecule has 134 valence electrons. The van der Waals surface area contributed by atoms with Crippen molar-refractivity contribution in [2.45, 2.75) is 34.1 Å². The lowest BCUT2D eigenvalue weighted by molar-refractivity contribution is -0.124. The van der Waals surface area contributed by atoms with Crippen LogP contribution in [0.4, 0.5) is 0 Å². The number of hydrogen-bond donors (Lipinski definition) is 2. The molecule has 5 nitrogen and oxygen atoms in total. The van der Waals surface area contributed by atoms with Crippen molar-refractivity contribution in [3.8, 4) is 11.3 Å². The van der Waals surface area contributed by atoms with Crippen LogP contribution in [0.3, 0.4) is 0 Å². The van der Waals surface area contributed by atoms with E-state index in [9.17, 15) is 9.59 Å². The molecule has 0 bridgehead atoms. The molecule has 2 aromatic rings. The number of benzene rings is 1. The van der Waals surface area contributed by atoms with Crippen LogP contribution in [0, 0.1) is 19.8 Å². The molecule has 0 fully saturated rings. The first-order valence-electron chi connectivity index (χ1n) is 8.44. The van der Waals surface area contributed by atoms with E-state index < -0.39 is 0 Å². The molecule has 0 atom stereocenters. The molecular weight excluding hydrogens is 334 g/mol. The van der Waals surface area contributed by atoms with Crippen LogP contribution in [0.25, 0.3) is 11.3 Å². The second-order valence-electron chi connectivity index (χ2n) is 6.34. The van der Waals surface area contributed by atoms with Gasteiger partial charge in [-0.2, -0.15) is 0 Å². The molecule has 2 amide bonds. The van der Waals surface area contributed by atoms with Crippen LogP contribution in [0.1, 0.15) is 29.3 Å². The Hall–Kier alpha value is -2.21. The lowest BCUT2D eigenvalue weighted by Gasteiger charge is -2.09. The molecule has 0 aliphatic rings. The molecule has 2 rings (SSSR count). The Morgan fingerprint density at radius 3 is 2.36 bits per heavy atom. The summed E-state index contributed by atoms with van der Waals surface area (Å²) in [7, 11) is 0. The molecule has 25 heavy (non-hydrogen) atoms. The monoisotopic (exact) mass is 359 g/mol. The van der Waals surface area contributed by atoms with Crippen molar-refractivity contribution >= 4 is 23.2 Å². The fourth-order valence-corrected chi connectivity index (χ4v) is 3.28. The van der Waals surface area contributed by atoms with E-state index in [1.807, 2.05) is 52.0 Å². The maximum atomic E-state index is 12.2. The highest BCUT2D eigenvalue weighted by Crippen LogP contribution is 2.28. The maximum Gasteiger partial charge on any atom is 0.225 e. The lowest BCUT2D eigenvalue weighted by Crippen LogP contribution is -2.36. The molecule has 0 saturated heterocycles. The van der Waals surface area contributed by atoms with Crippen molar-refractivity contribution in [3.63, 3.8) is 0 Å². The number of hydrogen-bond acceptors (Lipinski definition) is 4. The second-order valence-corrected chi connectivity index (χ2v) is 7.63.